The van der Waals surface area contributed by atoms with Gasteiger partial charge < -0.3 is 19.7 Å². The molecule has 20 heavy (non-hydrogen) atoms. The summed E-state index contributed by atoms with van der Waals surface area (Å²) in [6.07, 6.45) is 4.42. The van der Waals surface area contributed by atoms with E-state index in [1.54, 1.807) is 17.0 Å². The maximum Gasteiger partial charge on any atom is 0.293 e. The van der Waals surface area contributed by atoms with Crippen molar-refractivity contribution in [1.29, 1.82) is 0 Å². The van der Waals surface area contributed by atoms with Crippen LogP contribution in [0.5, 0.6) is 0 Å². The van der Waals surface area contributed by atoms with E-state index in [1.165, 1.54) is 0 Å². The van der Waals surface area contributed by atoms with Crippen LogP contribution in [0.3, 0.4) is 0 Å². The molecule has 1 aliphatic heterocycles. The normalized spacial score (nSPS) is 18.8. The minimum absolute atomic E-state index is 0.171. The van der Waals surface area contributed by atoms with Gasteiger partial charge in [0.25, 0.3) is 5.56 Å². The second kappa shape index (κ2) is 5.54. The molecule has 0 bridgehead atoms. The number of nitrogens with one attached hydrogen (secondary N) is 1. The number of hydrogen-bond donors (Lipinski definition) is 2. The van der Waals surface area contributed by atoms with Crippen LogP contribution >= 0.6 is 0 Å². The number of aliphatic hydroxyl groups is 1. The van der Waals surface area contributed by atoms with E-state index in [4.69, 9.17) is 4.74 Å². The summed E-state index contributed by atoms with van der Waals surface area (Å²) in [5.74, 6) is 0.280. The first-order chi connectivity index (χ1) is 9.32. The van der Waals surface area contributed by atoms with Crippen molar-refractivity contribution in [2.45, 2.75) is 44.8 Å². The molecule has 0 unspecified atom stereocenters. The van der Waals surface area contributed by atoms with Gasteiger partial charge in [-0.1, -0.05) is 0 Å². The van der Waals surface area contributed by atoms with Gasteiger partial charge in [0.15, 0.2) is 5.82 Å². The molecular formula is C14H23N3O3. The van der Waals surface area contributed by atoms with Crippen molar-refractivity contribution in [3.8, 4) is 0 Å². The van der Waals surface area contributed by atoms with Crippen LogP contribution in [0.2, 0.25) is 0 Å². The highest BCUT2D eigenvalue weighted by molar-refractivity contribution is 5.32. The van der Waals surface area contributed by atoms with E-state index in [0.717, 1.165) is 0 Å². The van der Waals surface area contributed by atoms with E-state index in [0.29, 0.717) is 32.6 Å². The van der Waals surface area contributed by atoms with Crippen molar-refractivity contribution in [2.75, 3.05) is 25.1 Å². The van der Waals surface area contributed by atoms with E-state index in [1.807, 2.05) is 20.8 Å². The smallest absolute Gasteiger partial charge is 0.293 e. The zero-order chi connectivity index (χ0) is 14.8. The fourth-order valence-corrected chi connectivity index (χ4v) is 2.24. The Morgan fingerprint density at radius 2 is 2.10 bits per heavy atom. The predicted molar refractivity (Wildman–Crippen MR) is 77.0 cm³/mol. The average Bonchev–Trinajstić information content (AvgIpc) is 2.37. The first-order valence-corrected chi connectivity index (χ1v) is 6.94. The average molecular weight is 281 g/mol. The molecule has 2 N–H and O–H groups in total. The summed E-state index contributed by atoms with van der Waals surface area (Å²) in [5, 5.41) is 13.4. The zero-order valence-corrected chi connectivity index (χ0v) is 12.3. The molecule has 0 aliphatic carbocycles. The lowest BCUT2D eigenvalue weighted by molar-refractivity contribution is -0.0544. The van der Waals surface area contributed by atoms with Crippen LogP contribution in [-0.4, -0.2) is 40.0 Å². The lowest BCUT2D eigenvalue weighted by Crippen LogP contribution is -2.43. The van der Waals surface area contributed by atoms with Gasteiger partial charge in [0.2, 0.25) is 0 Å². The van der Waals surface area contributed by atoms with Crippen LogP contribution in [0.4, 0.5) is 5.82 Å². The fourth-order valence-electron chi connectivity index (χ4n) is 2.24. The summed E-state index contributed by atoms with van der Waals surface area (Å²) in [6, 6.07) is 0. The lowest BCUT2D eigenvalue weighted by atomic mass is 9.94. The Bertz CT molecular complexity index is 513. The Kier molecular flexibility index (Phi) is 4.15. The molecule has 0 spiro atoms. The number of aromatic nitrogens is 2. The molecule has 6 heteroatoms. The number of hydrogen-bond acceptors (Lipinski definition) is 5. The minimum Gasteiger partial charge on any atom is -0.388 e. The molecule has 0 saturated carbocycles. The number of nitrogens with zero attached hydrogens (tertiary/aromatic N) is 2. The van der Waals surface area contributed by atoms with E-state index < -0.39 is 5.60 Å². The molecule has 0 radical (unpaired) electrons. The summed E-state index contributed by atoms with van der Waals surface area (Å²) < 4.78 is 6.87. The van der Waals surface area contributed by atoms with Crippen LogP contribution in [-0.2, 0) is 10.3 Å². The largest absolute Gasteiger partial charge is 0.388 e. The second-order valence-corrected chi connectivity index (χ2v) is 6.31. The molecule has 0 amide bonds. The molecular weight excluding hydrogens is 258 g/mol. The van der Waals surface area contributed by atoms with Crippen LogP contribution in [0.15, 0.2) is 17.2 Å². The third-order valence-corrected chi connectivity index (χ3v) is 3.57. The zero-order valence-electron chi connectivity index (χ0n) is 12.3. The maximum atomic E-state index is 12.3. The van der Waals surface area contributed by atoms with Gasteiger partial charge in [-0.15, -0.1) is 0 Å². The van der Waals surface area contributed by atoms with Crippen LogP contribution < -0.4 is 10.9 Å². The molecule has 0 aromatic carbocycles. The summed E-state index contributed by atoms with van der Waals surface area (Å²) >= 11 is 0. The van der Waals surface area contributed by atoms with Crippen LogP contribution in [0.25, 0.3) is 0 Å². The molecule has 1 fully saturated rings. The lowest BCUT2D eigenvalue weighted by Gasteiger charge is -2.32. The molecule has 1 aromatic heterocycles. The molecule has 1 saturated heterocycles. The number of ether oxygens (including phenoxy) is 1. The second-order valence-electron chi connectivity index (χ2n) is 6.31. The molecule has 1 aromatic rings. The molecule has 112 valence electrons. The standard InChI is InChI=1S/C14H23N3O3/c1-13(2,3)17-7-6-15-11(12(17)18)16-10-14(19)4-8-20-9-5-14/h6-7,19H,4-5,8-10H2,1-3H3,(H,15,16). The third-order valence-electron chi connectivity index (χ3n) is 3.57. The van der Waals surface area contributed by atoms with Gasteiger partial charge >= 0.3 is 0 Å². The van der Waals surface area contributed by atoms with Crippen molar-refractivity contribution in [3.63, 3.8) is 0 Å². The van der Waals surface area contributed by atoms with E-state index in [-0.39, 0.29) is 16.9 Å². The van der Waals surface area contributed by atoms with Crippen molar-refractivity contribution >= 4 is 5.82 Å². The Hall–Kier alpha value is -1.40. The molecule has 2 heterocycles. The SMILES string of the molecule is CC(C)(C)n1ccnc(NCC2(O)CCOCC2)c1=O. The van der Waals surface area contributed by atoms with E-state index in [2.05, 4.69) is 10.3 Å². The summed E-state index contributed by atoms with van der Waals surface area (Å²) in [6.45, 7) is 7.30. The first-order valence-electron chi connectivity index (χ1n) is 6.94. The minimum atomic E-state index is -0.825. The summed E-state index contributed by atoms with van der Waals surface area (Å²) in [7, 11) is 0. The Morgan fingerprint density at radius 3 is 2.70 bits per heavy atom. The van der Waals surface area contributed by atoms with Crippen molar-refractivity contribution in [1.82, 2.24) is 9.55 Å². The topological polar surface area (TPSA) is 76.4 Å². The predicted octanol–water partition coefficient (Wildman–Crippen LogP) is 0.952. The number of anilines is 1. The van der Waals surface area contributed by atoms with Gasteiger partial charge in [-0.25, -0.2) is 4.98 Å². The summed E-state index contributed by atoms with van der Waals surface area (Å²) in [5.41, 5.74) is -1.29. The number of rotatable bonds is 3. The Balaban J connectivity index is 2.12. The third kappa shape index (κ3) is 3.37. The van der Waals surface area contributed by atoms with Gasteiger partial charge in [0, 0.05) is 50.5 Å². The molecule has 2 rings (SSSR count). The van der Waals surface area contributed by atoms with E-state index in [9.17, 15) is 9.90 Å². The van der Waals surface area contributed by atoms with Crippen LogP contribution in [0.1, 0.15) is 33.6 Å². The van der Waals surface area contributed by atoms with Gasteiger partial charge in [-0.3, -0.25) is 4.79 Å². The van der Waals surface area contributed by atoms with Crippen molar-refractivity contribution in [3.05, 3.63) is 22.7 Å². The molecule has 0 atom stereocenters. The van der Waals surface area contributed by atoms with Gasteiger partial charge in [-0.05, 0) is 20.8 Å². The van der Waals surface area contributed by atoms with Crippen molar-refractivity contribution < 1.29 is 9.84 Å². The quantitative estimate of drug-likeness (QED) is 0.862. The Morgan fingerprint density at radius 1 is 1.45 bits per heavy atom. The monoisotopic (exact) mass is 281 g/mol. The van der Waals surface area contributed by atoms with Gasteiger partial charge in [-0.2, -0.15) is 0 Å². The van der Waals surface area contributed by atoms with Crippen molar-refractivity contribution in [2.24, 2.45) is 0 Å². The van der Waals surface area contributed by atoms with Gasteiger partial charge in [0.1, 0.15) is 0 Å². The first kappa shape index (κ1) is 15.0. The Labute approximate surface area is 118 Å². The van der Waals surface area contributed by atoms with E-state index >= 15 is 0 Å². The van der Waals surface area contributed by atoms with Gasteiger partial charge in [0.05, 0.1) is 5.60 Å². The molecule has 1 aliphatic rings. The van der Waals surface area contributed by atoms with Crippen LogP contribution in [0, 0.1) is 0 Å². The highest BCUT2D eigenvalue weighted by Gasteiger charge is 2.30. The maximum absolute atomic E-state index is 12.3. The highest BCUT2D eigenvalue weighted by Crippen LogP contribution is 2.20. The molecule has 6 nitrogen and oxygen atoms in total. The fraction of sp³-hybridized carbons (Fsp3) is 0.714. The summed E-state index contributed by atoms with van der Waals surface area (Å²) in [4.78, 5) is 16.4. The highest BCUT2D eigenvalue weighted by atomic mass is 16.5.